The molecule has 0 heterocycles. The maximum atomic E-state index is 5.18. The first-order valence-electron chi connectivity index (χ1n) is 4.15. The molecule has 13 heavy (non-hydrogen) atoms. The fourth-order valence-electron chi connectivity index (χ4n) is 1.23. The second-order valence-corrected chi connectivity index (χ2v) is 3.80. The Morgan fingerprint density at radius 2 is 2.15 bits per heavy atom. The summed E-state index contributed by atoms with van der Waals surface area (Å²) in [6.07, 6.45) is 0. The van der Waals surface area contributed by atoms with Crippen LogP contribution < -0.4 is 10.1 Å². The lowest BCUT2D eigenvalue weighted by atomic mass is 10.1. The average molecular weight is 244 g/mol. The second-order valence-electron chi connectivity index (χ2n) is 2.88. The van der Waals surface area contributed by atoms with Crippen LogP contribution in [0.5, 0.6) is 5.75 Å². The number of alkyl halides is 1. The Balaban J connectivity index is 2.95. The van der Waals surface area contributed by atoms with Gasteiger partial charge in [0, 0.05) is 0 Å². The Morgan fingerprint density at radius 3 is 2.62 bits per heavy atom. The molecular formula is C10H14BrNO. The lowest BCUT2D eigenvalue weighted by Gasteiger charge is -2.11. The van der Waals surface area contributed by atoms with Crippen LogP contribution in [0.4, 0.5) is 0 Å². The first-order chi connectivity index (χ1) is 6.19. The molecule has 3 heteroatoms. The van der Waals surface area contributed by atoms with Gasteiger partial charge in [-0.1, -0.05) is 22.0 Å². The van der Waals surface area contributed by atoms with Gasteiger partial charge in [-0.25, -0.2) is 0 Å². The molecule has 0 amide bonds. The molecule has 0 aromatic heterocycles. The second kappa shape index (κ2) is 4.63. The summed E-state index contributed by atoms with van der Waals surface area (Å²) in [5.41, 5.74) is 2.36. The number of methoxy groups -OCH3 is 1. The summed E-state index contributed by atoms with van der Waals surface area (Å²) in [7, 11) is 3.60. The van der Waals surface area contributed by atoms with E-state index in [1.54, 1.807) is 7.11 Å². The quantitative estimate of drug-likeness (QED) is 0.651. The third kappa shape index (κ3) is 2.45. The number of hydrogen-bond donors (Lipinski definition) is 1. The predicted octanol–water partition coefficient (Wildman–Crippen LogP) is 2.62. The molecule has 72 valence electrons. The van der Waals surface area contributed by atoms with Crippen LogP contribution in [-0.2, 0) is 0 Å². The van der Waals surface area contributed by atoms with Gasteiger partial charge in [-0.2, -0.15) is 0 Å². The van der Waals surface area contributed by atoms with Crippen LogP contribution in [0.15, 0.2) is 18.2 Å². The van der Waals surface area contributed by atoms with E-state index >= 15 is 0 Å². The molecule has 0 radical (unpaired) electrons. The number of benzene rings is 1. The van der Waals surface area contributed by atoms with Gasteiger partial charge in [0.25, 0.3) is 0 Å². The van der Waals surface area contributed by atoms with Gasteiger partial charge in [0.15, 0.2) is 0 Å². The lowest BCUT2D eigenvalue weighted by Crippen LogP contribution is -2.09. The summed E-state index contributed by atoms with van der Waals surface area (Å²) >= 11 is 3.51. The van der Waals surface area contributed by atoms with E-state index in [9.17, 15) is 0 Å². The van der Waals surface area contributed by atoms with Gasteiger partial charge in [-0.05, 0) is 37.2 Å². The van der Waals surface area contributed by atoms with E-state index in [1.165, 1.54) is 5.56 Å². The highest BCUT2D eigenvalue weighted by Crippen LogP contribution is 2.25. The smallest absolute Gasteiger partial charge is 0.121 e. The Morgan fingerprint density at radius 1 is 1.46 bits per heavy atom. The summed E-state index contributed by atoms with van der Waals surface area (Å²) in [5, 5.41) is 3.12. The van der Waals surface area contributed by atoms with Crippen LogP contribution in [0.2, 0.25) is 0 Å². The molecule has 0 aliphatic rings. The monoisotopic (exact) mass is 243 g/mol. The third-order valence-corrected chi connectivity index (χ3v) is 2.95. The van der Waals surface area contributed by atoms with E-state index in [4.69, 9.17) is 4.74 Å². The summed E-state index contributed by atoms with van der Waals surface area (Å²) in [4.78, 5) is 0.206. The Hall–Kier alpha value is -0.540. The van der Waals surface area contributed by atoms with Gasteiger partial charge >= 0.3 is 0 Å². The molecule has 0 saturated heterocycles. The van der Waals surface area contributed by atoms with Crippen molar-refractivity contribution in [3.63, 3.8) is 0 Å². The normalized spacial score (nSPS) is 12.6. The van der Waals surface area contributed by atoms with E-state index in [-0.39, 0.29) is 4.95 Å². The van der Waals surface area contributed by atoms with E-state index in [1.807, 2.05) is 26.1 Å². The third-order valence-electron chi connectivity index (χ3n) is 1.97. The minimum absolute atomic E-state index is 0.206. The minimum Gasteiger partial charge on any atom is -0.496 e. The van der Waals surface area contributed by atoms with Gasteiger partial charge in [-0.15, -0.1) is 0 Å². The molecule has 0 aliphatic heterocycles. The average Bonchev–Trinajstić information content (AvgIpc) is 2.16. The number of nitrogens with one attached hydrogen (secondary N) is 1. The van der Waals surface area contributed by atoms with Crippen LogP contribution in [0.3, 0.4) is 0 Å². The number of halogens is 1. The molecule has 1 unspecified atom stereocenters. The van der Waals surface area contributed by atoms with Crippen LogP contribution in [0.25, 0.3) is 0 Å². The van der Waals surface area contributed by atoms with Crippen LogP contribution in [0, 0.1) is 6.92 Å². The largest absolute Gasteiger partial charge is 0.496 e. The Kier molecular flexibility index (Phi) is 3.75. The van der Waals surface area contributed by atoms with Gasteiger partial charge in [0.05, 0.1) is 12.1 Å². The number of aryl methyl sites for hydroxylation is 1. The molecular weight excluding hydrogens is 230 g/mol. The van der Waals surface area contributed by atoms with Crippen molar-refractivity contribution in [2.45, 2.75) is 11.9 Å². The molecule has 1 aromatic carbocycles. The zero-order chi connectivity index (χ0) is 9.84. The molecule has 0 spiro atoms. The van der Waals surface area contributed by atoms with E-state index in [0.717, 1.165) is 11.3 Å². The topological polar surface area (TPSA) is 21.3 Å². The fraction of sp³-hybridized carbons (Fsp3) is 0.400. The van der Waals surface area contributed by atoms with Crippen LogP contribution in [-0.4, -0.2) is 14.2 Å². The zero-order valence-corrected chi connectivity index (χ0v) is 9.68. The maximum absolute atomic E-state index is 5.18. The highest BCUT2D eigenvalue weighted by Gasteiger charge is 2.05. The van der Waals surface area contributed by atoms with Crippen molar-refractivity contribution >= 4 is 15.9 Å². The van der Waals surface area contributed by atoms with E-state index in [2.05, 4.69) is 27.3 Å². The highest BCUT2D eigenvalue weighted by atomic mass is 79.9. The van der Waals surface area contributed by atoms with Gasteiger partial charge in [0.2, 0.25) is 0 Å². The van der Waals surface area contributed by atoms with Crippen molar-refractivity contribution in [2.75, 3.05) is 14.2 Å². The molecule has 0 fully saturated rings. The van der Waals surface area contributed by atoms with Gasteiger partial charge in [-0.3, -0.25) is 0 Å². The zero-order valence-electron chi connectivity index (χ0n) is 8.10. The lowest BCUT2D eigenvalue weighted by molar-refractivity contribution is 0.411. The van der Waals surface area contributed by atoms with Gasteiger partial charge in [0.1, 0.15) is 5.75 Å². The van der Waals surface area contributed by atoms with Crippen molar-refractivity contribution in [3.05, 3.63) is 29.3 Å². The molecule has 1 aromatic rings. The van der Waals surface area contributed by atoms with Crippen LogP contribution >= 0.6 is 15.9 Å². The Bertz CT molecular complexity index is 288. The molecule has 0 saturated carbocycles. The SMILES string of the molecule is CNC(Br)c1ccc(OC)c(C)c1. The van der Waals surface area contributed by atoms with Gasteiger partial charge < -0.3 is 10.1 Å². The molecule has 2 nitrogen and oxygen atoms in total. The highest BCUT2D eigenvalue weighted by molar-refractivity contribution is 9.09. The van der Waals surface area contributed by atoms with Crippen molar-refractivity contribution in [1.82, 2.24) is 5.32 Å². The standard InChI is InChI=1S/C10H14BrNO/c1-7-6-8(10(11)12-2)4-5-9(7)13-3/h4-6,10,12H,1-3H3. The van der Waals surface area contributed by atoms with Crippen molar-refractivity contribution in [1.29, 1.82) is 0 Å². The molecule has 0 aliphatic carbocycles. The molecule has 1 N–H and O–H groups in total. The first kappa shape index (κ1) is 10.5. The molecule has 0 bridgehead atoms. The summed E-state index contributed by atoms with van der Waals surface area (Å²) in [6, 6.07) is 6.13. The summed E-state index contributed by atoms with van der Waals surface area (Å²) in [5.74, 6) is 0.930. The Labute approximate surface area is 87.4 Å². The number of rotatable bonds is 3. The fourth-order valence-corrected chi connectivity index (χ4v) is 1.51. The van der Waals surface area contributed by atoms with Crippen LogP contribution in [0.1, 0.15) is 16.1 Å². The van der Waals surface area contributed by atoms with E-state index < -0.39 is 0 Å². The first-order valence-corrected chi connectivity index (χ1v) is 5.06. The minimum atomic E-state index is 0.206. The summed E-state index contributed by atoms with van der Waals surface area (Å²) < 4.78 is 5.18. The number of hydrogen-bond acceptors (Lipinski definition) is 2. The molecule has 1 rings (SSSR count). The maximum Gasteiger partial charge on any atom is 0.121 e. The van der Waals surface area contributed by atoms with Crippen molar-refractivity contribution < 1.29 is 4.74 Å². The van der Waals surface area contributed by atoms with E-state index in [0.29, 0.717) is 0 Å². The van der Waals surface area contributed by atoms with Crippen molar-refractivity contribution in [3.8, 4) is 5.75 Å². The molecule has 1 atom stereocenters. The van der Waals surface area contributed by atoms with Crippen molar-refractivity contribution in [2.24, 2.45) is 0 Å². The number of ether oxygens (including phenoxy) is 1. The predicted molar refractivity (Wildman–Crippen MR) is 58.5 cm³/mol. The summed E-state index contributed by atoms with van der Waals surface area (Å²) in [6.45, 7) is 2.04.